The summed E-state index contributed by atoms with van der Waals surface area (Å²) in [5.74, 6) is 0.303. The van der Waals surface area contributed by atoms with E-state index in [0.717, 1.165) is 18.5 Å². The zero-order valence-corrected chi connectivity index (χ0v) is 12.5. The fraction of sp³-hybridized carbons (Fsp3) is 0.643. The Labute approximate surface area is 119 Å². The number of amides is 1. The lowest BCUT2D eigenvalue weighted by atomic mass is 9.94. The lowest BCUT2D eigenvalue weighted by Crippen LogP contribution is -2.46. The van der Waals surface area contributed by atoms with Crippen LogP contribution in [0.2, 0.25) is 0 Å². The van der Waals surface area contributed by atoms with Gasteiger partial charge < -0.3 is 15.4 Å². The van der Waals surface area contributed by atoms with E-state index in [1.165, 1.54) is 0 Å². The molecule has 1 amide bonds. The van der Waals surface area contributed by atoms with E-state index in [1.54, 1.807) is 13.1 Å². The maximum atomic E-state index is 12.3. The lowest BCUT2D eigenvalue weighted by Gasteiger charge is -2.35. The summed E-state index contributed by atoms with van der Waals surface area (Å²) in [6.07, 6.45) is 1.64. The van der Waals surface area contributed by atoms with Gasteiger partial charge in [0.2, 0.25) is 5.95 Å². The number of nitrogens with zero attached hydrogens (tertiary/aromatic N) is 2. The van der Waals surface area contributed by atoms with Gasteiger partial charge in [0.25, 0.3) is 5.91 Å². The number of hydrogen-bond acceptors (Lipinski definition) is 5. The average molecular weight is 278 g/mol. The molecular weight excluding hydrogens is 256 g/mol. The van der Waals surface area contributed by atoms with Crippen LogP contribution in [0.3, 0.4) is 0 Å². The van der Waals surface area contributed by atoms with Crippen LogP contribution in [0.4, 0.5) is 5.95 Å². The van der Waals surface area contributed by atoms with Gasteiger partial charge >= 0.3 is 0 Å². The monoisotopic (exact) mass is 278 g/mol. The van der Waals surface area contributed by atoms with Crippen molar-refractivity contribution in [3.05, 3.63) is 17.5 Å². The maximum absolute atomic E-state index is 12.3. The van der Waals surface area contributed by atoms with Crippen LogP contribution in [0.15, 0.2) is 6.07 Å². The highest BCUT2D eigenvalue weighted by Gasteiger charge is 2.30. The molecule has 20 heavy (non-hydrogen) atoms. The van der Waals surface area contributed by atoms with E-state index < -0.39 is 0 Å². The van der Waals surface area contributed by atoms with Crippen LogP contribution >= 0.6 is 0 Å². The predicted octanol–water partition coefficient (Wildman–Crippen LogP) is 1.51. The van der Waals surface area contributed by atoms with E-state index in [9.17, 15) is 4.79 Å². The van der Waals surface area contributed by atoms with Crippen LogP contribution in [0.1, 0.15) is 42.9 Å². The van der Waals surface area contributed by atoms with Crippen molar-refractivity contribution in [2.24, 2.45) is 0 Å². The van der Waals surface area contributed by atoms with E-state index in [2.05, 4.69) is 20.6 Å². The number of aryl methyl sites for hydroxylation is 1. The van der Waals surface area contributed by atoms with Crippen molar-refractivity contribution < 1.29 is 9.53 Å². The van der Waals surface area contributed by atoms with Gasteiger partial charge in [0, 0.05) is 25.4 Å². The SMILES string of the molecule is CNc1nc(C)cc(C(=O)NC2CCOC(C)(C)C2)n1. The van der Waals surface area contributed by atoms with Crippen molar-refractivity contribution in [3.8, 4) is 0 Å². The molecule has 2 rings (SSSR count). The zero-order valence-electron chi connectivity index (χ0n) is 12.5. The number of carbonyl (C=O) groups excluding carboxylic acids is 1. The molecule has 2 heterocycles. The highest BCUT2D eigenvalue weighted by Crippen LogP contribution is 2.24. The van der Waals surface area contributed by atoms with Crippen molar-refractivity contribution in [3.63, 3.8) is 0 Å². The first-order valence-corrected chi connectivity index (χ1v) is 6.88. The molecule has 1 atom stereocenters. The van der Waals surface area contributed by atoms with Gasteiger partial charge in [-0.1, -0.05) is 0 Å². The van der Waals surface area contributed by atoms with E-state index >= 15 is 0 Å². The maximum Gasteiger partial charge on any atom is 0.270 e. The molecule has 1 aromatic heterocycles. The molecule has 0 aromatic carbocycles. The van der Waals surface area contributed by atoms with E-state index in [1.807, 2.05) is 20.8 Å². The first-order chi connectivity index (χ1) is 9.39. The molecule has 0 radical (unpaired) electrons. The van der Waals surface area contributed by atoms with Crippen LogP contribution < -0.4 is 10.6 Å². The van der Waals surface area contributed by atoms with Crippen LogP contribution in [0, 0.1) is 6.92 Å². The molecule has 0 saturated carbocycles. The minimum absolute atomic E-state index is 0.125. The summed E-state index contributed by atoms with van der Waals surface area (Å²) in [5, 5.41) is 5.89. The second-order valence-corrected chi connectivity index (χ2v) is 5.74. The third-order valence-electron chi connectivity index (χ3n) is 3.34. The number of anilines is 1. The summed E-state index contributed by atoms with van der Waals surface area (Å²) in [6, 6.07) is 1.82. The normalized spacial score (nSPS) is 21.3. The number of carbonyl (C=O) groups is 1. The Kier molecular flexibility index (Phi) is 4.23. The van der Waals surface area contributed by atoms with E-state index in [0.29, 0.717) is 18.2 Å². The van der Waals surface area contributed by atoms with Gasteiger partial charge in [-0.15, -0.1) is 0 Å². The quantitative estimate of drug-likeness (QED) is 0.876. The minimum atomic E-state index is -0.187. The van der Waals surface area contributed by atoms with Gasteiger partial charge in [0.05, 0.1) is 5.60 Å². The fourth-order valence-corrected chi connectivity index (χ4v) is 2.41. The summed E-state index contributed by atoms with van der Waals surface area (Å²) < 4.78 is 5.65. The molecule has 1 saturated heterocycles. The molecule has 1 aromatic rings. The summed E-state index contributed by atoms with van der Waals surface area (Å²) in [7, 11) is 1.73. The number of nitrogens with one attached hydrogen (secondary N) is 2. The molecule has 1 unspecified atom stereocenters. The Morgan fingerprint density at radius 3 is 2.85 bits per heavy atom. The minimum Gasteiger partial charge on any atom is -0.375 e. The summed E-state index contributed by atoms with van der Waals surface area (Å²) in [4.78, 5) is 20.6. The molecular formula is C14H22N4O2. The Hall–Kier alpha value is -1.69. The van der Waals surface area contributed by atoms with E-state index in [-0.39, 0.29) is 17.6 Å². The van der Waals surface area contributed by atoms with Gasteiger partial charge in [-0.05, 0) is 39.7 Å². The summed E-state index contributed by atoms with van der Waals surface area (Å²) >= 11 is 0. The summed E-state index contributed by atoms with van der Waals surface area (Å²) in [6.45, 7) is 6.60. The molecule has 0 bridgehead atoms. The first kappa shape index (κ1) is 14.7. The first-order valence-electron chi connectivity index (χ1n) is 6.88. The predicted molar refractivity (Wildman–Crippen MR) is 76.8 cm³/mol. The van der Waals surface area contributed by atoms with Gasteiger partial charge in [0.1, 0.15) is 5.69 Å². The third-order valence-corrected chi connectivity index (χ3v) is 3.34. The van der Waals surface area contributed by atoms with Crippen LogP contribution in [-0.4, -0.2) is 41.2 Å². The number of rotatable bonds is 3. The molecule has 110 valence electrons. The number of hydrogen-bond donors (Lipinski definition) is 2. The van der Waals surface area contributed by atoms with Crippen molar-refractivity contribution in [1.82, 2.24) is 15.3 Å². The van der Waals surface area contributed by atoms with Crippen molar-refractivity contribution in [2.45, 2.75) is 45.3 Å². The Balaban J connectivity index is 2.06. The fourth-order valence-electron chi connectivity index (χ4n) is 2.41. The lowest BCUT2D eigenvalue weighted by molar-refractivity contribution is -0.0615. The Morgan fingerprint density at radius 2 is 2.20 bits per heavy atom. The van der Waals surface area contributed by atoms with Crippen LogP contribution in [0.5, 0.6) is 0 Å². The molecule has 6 heteroatoms. The second-order valence-electron chi connectivity index (χ2n) is 5.74. The largest absolute Gasteiger partial charge is 0.375 e. The molecule has 0 aliphatic carbocycles. The Morgan fingerprint density at radius 1 is 1.45 bits per heavy atom. The highest BCUT2D eigenvalue weighted by atomic mass is 16.5. The average Bonchev–Trinajstić information content (AvgIpc) is 2.36. The molecule has 1 fully saturated rings. The second kappa shape index (κ2) is 5.75. The van der Waals surface area contributed by atoms with Gasteiger partial charge in [0.15, 0.2) is 0 Å². The molecule has 1 aliphatic heterocycles. The van der Waals surface area contributed by atoms with Gasteiger partial charge in [-0.2, -0.15) is 0 Å². The van der Waals surface area contributed by atoms with Crippen LogP contribution in [-0.2, 0) is 4.74 Å². The van der Waals surface area contributed by atoms with Gasteiger partial charge in [-0.3, -0.25) is 4.79 Å². The molecule has 2 N–H and O–H groups in total. The molecule has 0 spiro atoms. The number of ether oxygens (including phenoxy) is 1. The third kappa shape index (κ3) is 3.66. The molecule has 1 aliphatic rings. The smallest absolute Gasteiger partial charge is 0.270 e. The zero-order chi connectivity index (χ0) is 14.8. The van der Waals surface area contributed by atoms with Crippen molar-refractivity contribution >= 4 is 11.9 Å². The topological polar surface area (TPSA) is 76.1 Å². The Bertz CT molecular complexity index is 502. The standard InChI is InChI=1S/C14H22N4O2/c1-9-7-11(18-13(15-4)16-9)12(19)17-10-5-6-20-14(2,3)8-10/h7,10H,5-6,8H2,1-4H3,(H,17,19)(H,15,16,18). The highest BCUT2D eigenvalue weighted by molar-refractivity contribution is 5.92. The van der Waals surface area contributed by atoms with Gasteiger partial charge in [-0.25, -0.2) is 9.97 Å². The molecule has 6 nitrogen and oxygen atoms in total. The number of aromatic nitrogens is 2. The van der Waals surface area contributed by atoms with E-state index in [4.69, 9.17) is 4.74 Å². The van der Waals surface area contributed by atoms with Crippen molar-refractivity contribution in [1.29, 1.82) is 0 Å². The summed E-state index contributed by atoms with van der Waals surface area (Å²) in [5.41, 5.74) is 0.974. The van der Waals surface area contributed by atoms with Crippen molar-refractivity contribution in [2.75, 3.05) is 19.0 Å². The van der Waals surface area contributed by atoms with Crippen LogP contribution in [0.25, 0.3) is 0 Å².